The normalized spacial score (nSPS) is 11.6. The number of benzene rings is 2. The van der Waals surface area contributed by atoms with Crippen LogP contribution in [-0.2, 0) is 16.6 Å². The lowest BCUT2D eigenvalue weighted by Crippen LogP contribution is -2.23. The summed E-state index contributed by atoms with van der Waals surface area (Å²) in [6, 6.07) is 6.76. The number of rotatable bonds is 4. The van der Waals surface area contributed by atoms with Crippen molar-refractivity contribution >= 4 is 33.2 Å². The molecule has 0 saturated heterocycles. The van der Waals surface area contributed by atoms with Crippen molar-refractivity contribution in [2.45, 2.75) is 11.4 Å². The highest BCUT2D eigenvalue weighted by molar-refractivity contribution is 7.89. The van der Waals surface area contributed by atoms with Crippen LogP contribution >= 0.6 is 23.2 Å². The fourth-order valence-electron chi connectivity index (χ4n) is 1.65. The molecular formula is C13H9Cl2F2NO2S. The van der Waals surface area contributed by atoms with Crippen LogP contribution in [0.1, 0.15) is 5.56 Å². The predicted molar refractivity (Wildman–Crippen MR) is 76.8 cm³/mol. The molecule has 0 radical (unpaired) electrons. The average molecular weight is 352 g/mol. The summed E-state index contributed by atoms with van der Waals surface area (Å²) in [5, 5.41) is 0.203. The van der Waals surface area contributed by atoms with Gasteiger partial charge in [-0.3, -0.25) is 0 Å². The second kappa shape index (κ2) is 6.27. The zero-order valence-electron chi connectivity index (χ0n) is 10.4. The first-order chi connectivity index (χ1) is 9.78. The molecule has 0 heterocycles. The molecule has 0 unspecified atom stereocenters. The molecule has 3 nitrogen and oxygen atoms in total. The van der Waals surface area contributed by atoms with E-state index in [4.69, 9.17) is 23.2 Å². The molecule has 21 heavy (non-hydrogen) atoms. The Labute approximate surface area is 130 Å². The quantitative estimate of drug-likeness (QED) is 0.911. The molecule has 112 valence electrons. The molecule has 2 aromatic carbocycles. The molecule has 0 aliphatic heterocycles. The molecule has 1 N–H and O–H groups in total. The minimum absolute atomic E-state index is 0.00248. The van der Waals surface area contributed by atoms with Gasteiger partial charge < -0.3 is 0 Å². The number of nitrogens with one attached hydrogen (secondary N) is 1. The summed E-state index contributed by atoms with van der Waals surface area (Å²) >= 11 is 11.5. The lowest BCUT2D eigenvalue weighted by molar-refractivity contribution is 0.571. The first kappa shape index (κ1) is 16.2. The topological polar surface area (TPSA) is 46.2 Å². The maximum Gasteiger partial charge on any atom is 0.242 e. The molecule has 0 bridgehead atoms. The van der Waals surface area contributed by atoms with Crippen molar-refractivity contribution in [3.63, 3.8) is 0 Å². The fourth-order valence-corrected chi connectivity index (χ4v) is 3.43. The summed E-state index contributed by atoms with van der Waals surface area (Å²) in [7, 11) is -3.95. The molecule has 8 heteroatoms. The summed E-state index contributed by atoms with van der Waals surface area (Å²) < 4.78 is 52.5. The largest absolute Gasteiger partial charge is 0.242 e. The minimum atomic E-state index is -3.95. The van der Waals surface area contributed by atoms with E-state index in [1.165, 1.54) is 18.2 Å². The van der Waals surface area contributed by atoms with E-state index in [1.807, 2.05) is 0 Å². The number of hydrogen-bond acceptors (Lipinski definition) is 2. The summed E-state index contributed by atoms with van der Waals surface area (Å²) in [5.74, 6) is -1.57. The van der Waals surface area contributed by atoms with Gasteiger partial charge in [0.25, 0.3) is 0 Å². The van der Waals surface area contributed by atoms with Gasteiger partial charge in [0.05, 0.1) is 5.02 Å². The summed E-state index contributed by atoms with van der Waals surface area (Å²) in [4.78, 5) is -0.200. The van der Waals surface area contributed by atoms with E-state index in [9.17, 15) is 17.2 Å². The van der Waals surface area contributed by atoms with E-state index < -0.39 is 21.7 Å². The Morgan fingerprint density at radius 2 is 1.62 bits per heavy atom. The molecule has 0 aliphatic carbocycles. The van der Waals surface area contributed by atoms with E-state index in [-0.39, 0.29) is 27.0 Å². The van der Waals surface area contributed by atoms with Crippen LogP contribution < -0.4 is 4.72 Å². The smallest absolute Gasteiger partial charge is 0.207 e. The van der Waals surface area contributed by atoms with Gasteiger partial charge in [-0.2, -0.15) is 0 Å². The van der Waals surface area contributed by atoms with Gasteiger partial charge in [-0.15, -0.1) is 0 Å². The van der Waals surface area contributed by atoms with Crippen LogP contribution in [-0.4, -0.2) is 8.42 Å². The van der Waals surface area contributed by atoms with Crippen molar-refractivity contribution in [3.8, 4) is 0 Å². The fraction of sp³-hybridized carbons (Fsp3) is 0.0769. The van der Waals surface area contributed by atoms with Gasteiger partial charge in [0, 0.05) is 17.6 Å². The van der Waals surface area contributed by atoms with Crippen molar-refractivity contribution in [3.05, 3.63) is 63.6 Å². The highest BCUT2D eigenvalue weighted by atomic mass is 35.5. The van der Waals surface area contributed by atoms with Crippen LogP contribution in [0.4, 0.5) is 8.78 Å². The molecule has 0 fully saturated rings. The van der Waals surface area contributed by atoms with Crippen LogP contribution in [0.3, 0.4) is 0 Å². The highest BCUT2D eigenvalue weighted by Crippen LogP contribution is 2.25. The van der Waals surface area contributed by atoms with Gasteiger partial charge in [0.15, 0.2) is 0 Å². The van der Waals surface area contributed by atoms with Gasteiger partial charge in [0.1, 0.15) is 16.5 Å². The Hall–Kier alpha value is -1.21. The van der Waals surface area contributed by atoms with E-state index in [0.717, 1.165) is 12.1 Å². The van der Waals surface area contributed by atoms with E-state index in [0.29, 0.717) is 6.07 Å². The Kier molecular flexibility index (Phi) is 4.83. The van der Waals surface area contributed by atoms with Crippen LogP contribution in [0.25, 0.3) is 0 Å². The van der Waals surface area contributed by atoms with Crippen molar-refractivity contribution in [2.75, 3.05) is 0 Å². The number of sulfonamides is 1. The van der Waals surface area contributed by atoms with Crippen molar-refractivity contribution in [2.24, 2.45) is 0 Å². The SMILES string of the molecule is O=S(=O)(NCc1cc(F)cc(F)c1)c1cc(Cl)ccc1Cl. The van der Waals surface area contributed by atoms with Crippen LogP contribution in [0.2, 0.25) is 10.0 Å². The second-order valence-corrected chi connectivity index (χ2v) is 6.76. The Balaban J connectivity index is 2.23. The van der Waals surface area contributed by atoms with E-state index in [1.54, 1.807) is 0 Å². The zero-order valence-corrected chi connectivity index (χ0v) is 12.7. The molecule has 0 spiro atoms. The second-order valence-electron chi connectivity index (χ2n) is 4.18. The zero-order chi connectivity index (χ0) is 15.6. The maximum absolute atomic E-state index is 13.0. The number of hydrogen-bond donors (Lipinski definition) is 1. The number of halogens is 4. The van der Waals surface area contributed by atoms with E-state index >= 15 is 0 Å². The molecule has 0 aliphatic rings. The Morgan fingerprint density at radius 3 is 2.24 bits per heavy atom. The molecule has 0 amide bonds. The molecule has 0 aromatic heterocycles. The third-order valence-corrected chi connectivity index (χ3v) is 4.69. The Bertz CT molecular complexity index is 761. The van der Waals surface area contributed by atoms with Crippen molar-refractivity contribution in [1.29, 1.82) is 0 Å². The Morgan fingerprint density at radius 1 is 1.00 bits per heavy atom. The summed E-state index contributed by atoms with van der Waals surface area (Å²) in [5.41, 5.74) is 0.147. The maximum atomic E-state index is 13.0. The molecule has 0 saturated carbocycles. The van der Waals surface area contributed by atoms with Gasteiger partial charge >= 0.3 is 0 Å². The molecule has 2 aromatic rings. The monoisotopic (exact) mass is 351 g/mol. The third kappa shape index (κ3) is 4.14. The molecular weight excluding hydrogens is 343 g/mol. The lowest BCUT2D eigenvalue weighted by Gasteiger charge is -2.09. The first-order valence-electron chi connectivity index (χ1n) is 5.67. The van der Waals surface area contributed by atoms with Crippen LogP contribution in [0.5, 0.6) is 0 Å². The first-order valence-corrected chi connectivity index (χ1v) is 7.91. The average Bonchev–Trinajstić information content (AvgIpc) is 2.38. The standard InChI is InChI=1S/C13H9Cl2F2NO2S/c14-9-1-2-12(15)13(5-9)21(19,20)18-7-8-3-10(16)6-11(17)4-8/h1-6,18H,7H2. The van der Waals surface area contributed by atoms with Gasteiger partial charge in [-0.25, -0.2) is 21.9 Å². The molecule has 2 rings (SSSR count). The highest BCUT2D eigenvalue weighted by Gasteiger charge is 2.18. The predicted octanol–water partition coefficient (Wildman–Crippen LogP) is 3.75. The summed E-state index contributed by atoms with van der Waals surface area (Å²) in [6.07, 6.45) is 0. The van der Waals surface area contributed by atoms with Crippen LogP contribution in [0.15, 0.2) is 41.3 Å². The van der Waals surface area contributed by atoms with Gasteiger partial charge in [-0.05, 0) is 35.9 Å². The van der Waals surface area contributed by atoms with Crippen molar-refractivity contribution in [1.82, 2.24) is 4.72 Å². The minimum Gasteiger partial charge on any atom is -0.207 e. The van der Waals surface area contributed by atoms with Gasteiger partial charge in [0.2, 0.25) is 10.0 Å². The molecule has 0 atom stereocenters. The van der Waals surface area contributed by atoms with Gasteiger partial charge in [-0.1, -0.05) is 23.2 Å². The van der Waals surface area contributed by atoms with Crippen molar-refractivity contribution < 1.29 is 17.2 Å². The van der Waals surface area contributed by atoms with Crippen LogP contribution in [0, 0.1) is 11.6 Å². The summed E-state index contributed by atoms with van der Waals surface area (Å²) in [6.45, 7) is -0.278. The van der Waals surface area contributed by atoms with E-state index in [2.05, 4.69) is 4.72 Å². The third-order valence-electron chi connectivity index (χ3n) is 2.57. The lowest BCUT2D eigenvalue weighted by atomic mass is 10.2.